The molecule has 2 aliphatic rings. The van der Waals surface area contributed by atoms with Gasteiger partial charge in [-0.1, -0.05) is 0 Å². The highest BCUT2D eigenvalue weighted by Crippen LogP contribution is 2.29. The van der Waals surface area contributed by atoms with Crippen LogP contribution in [0.5, 0.6) is 5.75 Å². The summed E-state index contributed by atoms with van der Waals surface area (Å²) >= 11 is 0. The molecule has 2 aromatic carbocycles. The zero-order chi connectivity index (χ0) is 29.7. The van der Waals surface area contributed by atoms with E-state index in [1.165, 1.54) is 5.69 Å². The van der Waals surface area contributed by atoms with E-state index in [2.05, 4.69) is 45.4 Å². The summed E-state index contributed by atoms with van der Waals surface area (Å²) < 4.78 is 11.7. The van der Waals surface area contributed by atoms with Crippen molar-refractivity contribution < 1.29 is 14.3 Å². The van der Waals surface area contributed by atoms with Gasteiger partial charge in [-0.05, 0) is 76.3 Å². The van der Waals surface area contributed by atoms with Gasteiger partial charge in [-0.2, -0.15) is 5.26 Å². The fraction of sp³-hybridized carbons (Fsp3) is 0.438. The second-order valence-corrected chi connectivity index (χ2v) is 11.8. The Balaban J connectivity index is 1.20. The van der Waals surface area contributed by atoms with E-state index in [0.717, 1.165) is 37.4 Å². The van der Waals surface area contributed by atoms with Gasteiger partial charge in [-0.25, -0.2) is 14.8 Å². The first-order valence-corrected chi connectivity index (χ1v) is 14.5. The Labute approximate surface area is 247 Å². The van der Waals surface area contributed by atoms with Crippen LogP contribution in [0.3, 0.4) is 0 Å². The summed E-state index contributed by atoms with van der Waals surface area (Å²) in [5, 5.41) is 13.2. The van der Waals surface area contributed by atoms with E-state index in [1.54, 1.807) is 17.2 Å². The fourth-order valence-corrected chi connectivity index (χ4v) is 5.07. The molecule has 0 saturated carbocycles. The minimum Gasteiger partial charge on any atom is -0.489 e. The number of likely N-dealkylation sites (N-methyl/N-ethyl adjacent to an activating group) is 1. The Kier molecular flexibility index (Phi) is 8.78. The van der Waals surface area contributed by atoms with Gasteiger partial charge in [0.1, 0.15) is 23.5 Å². The smallest absolute Gasteiger partial charge is 0.410 e. The first-order valence-electron chi connectivity index (χ1n) is 14.5. The number of nitrogens with one attached hydrogen (secondary N) is 1. The molecular weight excluding hydrogens is 530 g/mol. The predicted octanol–water partition coefficient (Wildman–Crippen LogP) is 5.29. The zero-order valence-electron chi connectivity index (χ0n) is 24.8. The van der Waals surface area contributed by atoms with Gasteiger partial charge in [0.15, 0.2) is 0 Å². The van der Waals surface area contributed by atoms with E-state index in [1.807, 2.05) is 51.1 Å². The highest BCUT2D eigenvalue weighted by molar-refractivity contribution is 5.68. The molecule has 0 spiro atoms. The summed E-state index contributed by atoms with van der Waals surface area (Å²) in [5.41, 5.74) is 3.54. The van der Waals surface area contributed by atoms with Gasteiger partial charge in [0, 0.05) is 75.2 Å². The van der Waals surface area contributed by atoms with Crippen LogP contribution >= 0.6 is 0 Å². The average Bonchev–Trinajstić information content (AvgIpc) is 2.98. The van der Waals surface area contributed by atoms with Crippen molar-refractivity contribution >= 4 is 23.4 Å². The maximum absolute atomic E-state index is 12.4. The Hall–Kier alpha value is -4.36. The Morgan fingerprint density at radius 3 is 2.38 bits per heavy atom. The first kappa shape index (κ1) is 29.1. The molecule has 42 heavy (non-hydrogen) atoms. The minimum absolute atomic E-state index is 0.0841. The van der Waals surface area contributed by atoms with E-state index < -0.39 is 5.60 Å². The predicted molar refractivity (Wildman–Crippen MR) is 163 cm³/mol. The summed E-state index contributed by atoms with van der Waals surface area (Å²) in [7, 11) is 2.16. The number of piperazine rings is 1. The molecule has 0 unspecified atom stereocenters. The number of likely N-dealkylation sites (tertiary alicyclic amines) is 1. The molecule has 0 atom stereocenters. The van der Waals surface area contributed by atoms with Crippen molar-refractivity contribution in [3.05, 3.63) is 60.3 Å². The van der Waals surface area contributed by atoms with Crippen LogP contribution in [0.25, 0.3) is 11.3 Å². The molecule has 2 saturated heterocycles. The largest absolute Gasteiger partial charge is 0.489 e. The molecule has 3 aromatic rings. The number of carbonyl (C=O) groups is 1. The quantitative estimate of drug-likeness (QED) is 0.424. The summed E-state index contributed by atoms with van der Waals surface area (Å²) in [6.45, 7) is 10.9. The Morgan fingerprint density at radius 2 is 1.71 bits per heavy atom. The number of nitrogens with zero attached hydrogens (tertiary/aromatic N) is 6. The van der Waals surface area contributed by atoms with Crippen molar-refractivity contribution in [2.24, 2.45) is 0 Å². The molecule has 0 bridgehead atoms. The molecule has 0 radical (unpaired) electrons. The lowest BCUT2D eigenvalue weighted by Gasteiger charge is -2.34. The molecule has 1 N–H and O–H groups in total. The molecule has 1 amide bonds. The summed E-state index contributed by atoms with van der Waals surface area (Å²) in [5.74, 6) is 1.01. The second-order valence-electron chi connectivity index (χ2n) is 11.8. The van der Waals surface area contributed by atoms with Crippen LogP contribution in [0.4, 0.5) is 22.1 Å². The number of piperidine rings is 1. The third kappa shape index (κ3) is 7.47. The fourth-order valence-electron chi connectivity index (χ4n) is 5.07. The van der Waals surface area contributed by atoms with Gasteiger partial charge in [0.25, 0.3) is 0 Å². The van der Waals surface area contributed by atoms with Gasteiger partial charge in [0.05, 0.1) is 11.3 Å². The number of carbonyl (C=O) groups excluding carboxylic acids is 1. The van der Waals surface area contributed by atoms with Crippen molar-refractivity contribution in [2.75, 3.05) is 56.5 Å². The highest BCUT2D eigenvalue weighted by atomic mass is 16.6. The van der Waals surface area contributed by atoms with Gasteiger partial charge in [-0.15, -0.1) is 0 Å². The molecule has 2 aliphatic heterocycles. The Bertz CT molecular complexity index is 1420. The van der Waals surface area contributed by atoms with E-state index in [-0.39, 0.29) is 12.2 Å². The van der Waals surface area contributed by atoms with Crippen LogP contribution in [-0.4, -0.2) is 83.9 Å². The van der Waals surface area contributed by atoms with Gasteiger partial charge < -0.3 is 29.5 Å². The molecule has 3 heterocycles. The highest BCUT2D eigenvalue weighted by Gasteiger charge is 2.28. The van der Waals surface area contributed by atoms with Crippen molar-refractivity contribution in [3.63, 3.8) is 0 Å². The molecule has 1 aromatic heterocycles. The summed E-state index contributed by atoms with van der Waals surface area (Å²) in [4.78, 5) is 27.9. The average molecular weight is 570 g/mol. The first-order chi connectivity index (χ1) is 20.2. The van der Waals surface area contributed by atoms with Crippen molar-refractivity contribution in [1.82, 2.24) is 19.8 Å². The van der Waals surface area contributed by atoms with E-state index >= 15 is 0 Å². The summed E-state index contributed by atoms with van der Waals surface area (Å²) in [6.07, 6.45) is 2.66. The SMILES string of the molecule is CN1CCN(c2ccc(Nc3nccc(-c4ccc(OC5CCN(C(=O)OC(C)(C)C)CC5)c(C#N)c4)n3)cc2)CC1. The normalized spacial score (nSPS) is 16.5. The maximum atomic E-state index is 12.4. The Morgan fingerprint density at radius 1 is 1.00 bits per heavy atom. The molecule has 220 valence electrons. The zero-order valence-corrected chi connectivity index (χ0v) is 24.8. The van der Waals surface area contributed by atoms with Crippen LogP contribution < -0.4 is 15.0 Å². The minimum atomic E-state index is -0.523. The van der Waals surface area contributed by atoms with E-state index in [4.69, 9.17) is 14.5 Å². The number of ether oxygens (including phenoxy) is 2. The van der Waals surface area contributed by atoms with Crippen molar-refractivity contribution in [3.8, 4) is 23.1 Å². The molecule has 2 fully saturated rings. The lowest BCUT2D eigenvalue weighted by Crippen LogP contribution is -2.44. The number of hydrogen-bond donors (Lipinski definition) is 1. The maximum Gasteiger partial charge on any atom is 0.410 e. The van der Waals surface area contributed by atoms with Gasteiger partial charge >= 0.3 is 6.09 Å². The summed E-state index contributed by atoms with van der Waals surface area (Å²) in [6, 6.07) is 17.9. The van der Waals surface area contributed by atoms with Gasteiger partial charge in [-0.3, -0.25) is 0 Å². The number of benzene rings is 2. The number of nitriles is 1. The topological polar surface area (TPSA) is 107 Å². The van der Waals surface area contributed by atoms with Crippen LogP contribution in [-0.2, 0) is 4.74 Å². The van der Waals surface area contributed by atoms with E-state index in [0.29, 0.717) is 48.9 Å². The third-order valence-electron chi connectivity index (χ3n) is 7.43. The monoisotopic (exact) mass is 569 g/mol. The molecule has 10 heteroatoms. The van der Waals surface area contributed by atoms with E-state index in [9.17, 15) is 10.1 Å². The number of hydrogen-bond acceptors (Lipinski definition) is 9. The number of aromatic nitrogens is 2. The molecule has 5 rings (SSSR count). The van der Waals surface area contributed by atoms with Crippen LogP contribution in [0, 0.1) is 11.3 Å². The number of anilines is 3. The van der Waals surface area contributed by atoms with Crippen molar-refractivity contribution in [1.29, 1.82) is 5.26 Å². The lowest BCUT2D eigenvalue weighted by molar-refractivity contribution is 0.0126. The third-order valence-corrected chi connectivity index (χ3v) is 7.43. The number of amides is 1. The van der Waals surface area contributed by atoms with Gasteiger partial charge in [0.2, 0.25) is 5.95 Å². The standard InChI is InChI=1S/C32H39N7O3/c1-32(2,3)42-31(40)39-15-12-27(13-16-39)41-29-10-5-23(21-24(29)22-33)28-11-14-34-30(36-28)35-25-6-8-26(9-7-25)38-19-17-37(4)18-20-38/h5-11,14,21,27H,12-13,15-20H2,1-4H3,(H,34,35,36). The lowest BCUT2D eigenvalue weighted by atomic mass is 10.1. The molecule has 10 nitrogen and oxygen atoms in total. The molecule has 0 aliphatic carbocycles. The van der Waals surface area contributed by atoms with Crippen LogP contribution in [0.2, 0.25) is 0 Å². The number of rotatable bonds is 6. The van der Waals surface area contributed by atoms with Crippen molar-refractivity contribution in [2.45, 2.75) is 45.3 Å². The van der Waals surface area contributed by atoms with Crippen LogP contribution in [0.1, 0.15) is 39.2 Å². The second kappa shape index (κ2) is 12.7. The van der Waals surface area contributed by atoms with Crippen LogP contribution in [0.15, 0.2) is 54.7 Å². The molecular formula is C32H39N7O3.